The number of benzene rings is 2. The molecule has 3 saturated carbocycles. The van der Waals surface area contributed by atoms with Crippen LogP contribution in [-0.2, 0) is 47.7 Å². The molecule has 0 aliphatic heterocycles. The molecule has 3 fully saturated rings. The summed E-state index contributed by atoms with van der Waals surface area (Å²) in [6, 6.07) is 8.13. The average molecular weight is 1000 g/mol. The molecule has 0 heterocycles. The Balaban J connectivity index is 1.18. The van der Waals surface area contributed by atoms with Crippen LogP contribution in [0.25, 0.3) is 0 Å². The van der Waals surface area contributed by atoms with Crippen LogP contribution in [0.5, 0.6) is 23.0 Å². The monoisotopic (exact) mass is 1000 g/mol. The lowest BCUT2D eigenvalue weighted by atomic mass is 9.80. The molecule has 16 nitrogen and oxygen atoms in total. The van der Waals surface area contributed by atoms with Crippen LogP contribution in [0, 0.1) is 35.5 Å². The van der Waals surface area contributed by atoms with Crippen molar-refractivity contribution < 1.29 is 76.3 Å². The lowest BCUT2D eigenvalue weighted by Gasteiger charge is -2.27. The topological polar surface area (TPSA) is 210 Å². The highest BCUT2D eigenvalue weighted by atomic mass is 16.6. The fourth-order valence-corrected chi connectivity index (χ4v) is 9.56. The standard InChI is InChI=1S/C56H72O16/c1-5-9-11-13-37-15-19-39(20-16-37)53(61)71-47-29-27-43(35-45(47)55(63)67-33-31-65-49(57)7-3)69-51(59)41-23-25-42(26-24-41)52(60)70-44-28-30-48(46(36-44)56(64)68-34-32-66-50(58)8-4)72-54(62)40-21-17-38(18-22-40)14-12-10-6-2/h7-8,27-30,35-42H,3-6,9-26,31-34H2,1-2H3. The van der Waals surface area contributed by atoms with Crippen molar-refractivity contribution in [3.8, 4) is 23.0 Å². The molecule has 0 spiro atoms. The Kier molecular flexibility index (Phi) is 23.5. The number of rotatable bonds is 26. The summed E-state index contributed by atoms with van der Waals surface area (Å²) in [6.45, 7) is 9.93. The average Bonchev–Trinajstić information content (AvgIpc) is 3.39. The lowest BCUT2D eigenvalue weighted by molar-refractivity contribution is -0.145. The number of carbonyl (C=O) groups is 8. The molecule has 392 valence electrons. The van der Waals surface area contributed by atoms with Crippen LogP contribution in [0.2, 0.25) is 0 Å². The van der Waals surface area contributed by atoms with Gasteiger partial charge in [-0.05, 0) is 125 Å². The van der Waals surface area contributed by atoms with Gasteiger partial charge in [-0.25, -0.2) is 19.2 Å². The van der Waals surface area contributed by atoms with Gasteiger partial charge in [-0.2, -0.15) is 0 Å². The zero-order chi connectivity index (χ0) is 51.8. The van der Waals surface area contributed by atoms with Gasteiger partial charge in [0.1, 0.15) is 60.6 Å². The zero-order valence-corrected chi connectivity index (χ0v) is 42.0. The van der Waals surface area contributed by atoms with Gasteiger partial charge in [-0.15, -0.1) is 0 Å². The quantitative estimate of drug-likeness (QED) is 0.0282. The van der Waals surface area contributed by atoms with E-state index in [1.165, 1.54) is 62.1 Å². The fourth-order valence-electron chi connectivity index (χ4n) is 9.56. The molecule has 0 bridgehead atoms. The smallest absolute Gasteiger partial charge is 0.342 e. The van der Waals surface area contributed by atoms with Crippen LogP contribution in [0.4, 0.5) is 0 Å². The maximum atomic E-state index is 13.5. The molecule has 0 unspecified atom stereocenters. The van der Waals surface area contributed by atoms with Gasteiger partial charge in [0.15, 0.2) is 0 Å². The minimum Gasteiger partial charge on any atom is -0.459 e. The molecule has 0 N–H and O–H groups in total. The lowest BCUT2D eigenvalue weighted by Crippen LogP contribution is -2.30. The summed E-state index contributed by atoms with van der Waals surface area (Å²) in [5.74, 6) is -6.09. The summed E-state index contributed by atoms with van der Waals surface area (Å²) >= 11 is 0. The Bertz CT molecular complexity index is 2040. The fraction of sp³-hybridized carbons (Fsp3) is 0.571. The second kappa shape index (κ2) is 29.9. The molecule has 0 aromatic heterocycles. The number of carbonyl (C=O) groups excluding carboxylic acids is 8. The third-order valence-electron chi connectivity index (χ3n) is 13.8. The SMILES string of the molecule is C=CC(=O)OCCOC(=O)c1cc(OC(=O)C2CCC(C(=O)Oc3ccc(OC(=O)C4CCC(CCCCC)CC4)c(C(=O)OCCOC(=O)C=C)c3)CC2)ccc1OC(=O)C1CCC(CCCCC)CC1. The van der Waals surface area contributed by atoms with Crippen molar-refractivity contribution in [2.75, 3.05) is 26.4 Å². The van der Waals surface area contributed by atoms with Crippen LogP contribution in [-0.4, -0.2) is 74.2 Å². The van der Waals surface area contributed by atoms with E-state index < -0.39 is 59.6 Å². The van der Waals surface area contributed by atoms with Gasteiger partial charge >= 0.3 is 47.8 Å². The molecular weight excluding hydrogens is 929 g/mol. The second-order valence-corrected chi connectivity index (χ2v) is 19.0. The predicted molar refractivity (Wildman–Crippen MR) is 263 cm³/mol. The van der Waals surface area contributed by atoms with Gasteiger partial charge in [0.25, 0.3) is 0 Å². The molecule has 0 amide bonds. The van der Waals surface area contributed by atoms with Crippen molar-refractivity contribution in [2.45, 2.75) is 142 Å². The maximum Gasteiger partial charge on any atom is 0.342 e. The Labute approximate surface area is 422 Å². The highest BCUT2D eigenvalue weighted by molar-refractivity contribution is 5.95. The van der Waals surface area contributed by atoms with E-state index in [4.69, 9.17) is 37.9 Å². The first-order valence-corrected chi connectivity index (χ1v) is 25.9. The van der Waals surface area contributed by atoms with Crippen molar-refractivity contribution in [1.29, 1.82) is 0 Å². The molecule has 0 radical (unpaired) electrons. The Hall–Kier alpha value is -6.32. The van der Waals surface area contributed by atoms with Crippen molar-refractivity contribution in [3.63, 3.8) is 0 Å². The molecule has 3 aliphatic rings. The van der Waals surface area contributed by atoms with Crippen LogP contribution in [0.15, 0.2) is 61.7 Å². The number of ether oxygens (including phenoxy) is 8. The number of hydrogen-bond acceptors (Lipinski definition) is 16. The van der Waals surface area contributed by atoms with Gasteiger partial charge < -0.3 is 37.9 Å². The highest BCUT2D eigenvalue weighted by Gasteiger charge is 2.34. The Morgan fingerprint density at radius 3 is 1.10 bits per heavy atom. The van der Waals surface area contributed by atoms with Gasteiger partial charge in [0.2, 0.25) is 0 Å². The Morgan fingerprint density at radius 2 is 0.764 bits per heavy atom. The van der Waals surface area contributed by atoms with E-state index in [1.54, 1.807) is 0 Å². The molecule has 16 heteroatoms. The van der Waals surface area contributed by atoms with Crippen LogP contribution in [0.3, 0.4) is 0 Å². The highest BCUT2D eigenvalue weighted by Crippen LogP contribution is 2.37. The molecule has 2 aromatic carbocycles. The number of hydrogen-bond donors (Lipinski definition) is 0. The minimum absolute atomic E-state index is 0.00498. The summed E-state index contributed by atoms with van der Waals surface area (Å²) in [7, 11) is 0. The normalized spacial score (nSPS) is 20.6. The largest absolute Gasteiger partial charge is 0.459 e. The van der Waals surface area contributed by atoms with E-state index in [-0.39, 0.29) is 98.1 Å². The summed E-state index contributed by atoms with van der Waals surface area (Å²) in [5.41, 5.74) is -0.314. The molecule has 2 aromatic rings. The third-order valence-corrected chi connectivity index (χ3v) is 13.8. The zero-order valence-electron chi connectivity index (χ0n) is 42.0. The Morgan fingerprint density at radius 1 is 0.444 bits per heavy atom. The second-order valence-electron chi connectivity index (χ2n) is 19.0. The number of esters is 8. The van der Waals surface area contributed by atoms with Crippen molar-refractivity contribution in [1.82, 2.24) is 0 Å². The van der Waals surface area contributed by atoms with Crippen molar-refractivity contribution in [3.05, 3.63) is 72.8 Å². The van der Waals surface area contributed by atoms with E-state index >= 15 is 0 Å². The first kappa shape index (κ1) is 56.6. The molecule has 72 heavy (non-hydrogen) atoms. The molecule has 0 saturated heterocycles. The van der Waals surface area contributed by atoms with Gasteiger partial charge in [0.05, 0.1) is 23.7 Å². The van der Waals surface area contributed by atoms with E-state index in [2.05, 4.69) is 27.0 Å². The molecule has 0 atom stereocenters. The van der Waals surface area contributed by atoms with Crippen molar-refractivity contribution >= 4 is 47.8 Å². The first-order chi connectivity index (χ1) is 34.8. The molecule has 5 rings (SSSR count). The summed E-state index contributed by atoms with van der Waals surface area (Å²) in [6.07, 6.45) is 18.8. The third kappa shape index (κ3) is 18.1. The van der Waals surface area contributed by atoms with Gasteiger partial charge in [0, 0.05) is 12.2 Å². The first-order valence-electron chi connectivity index (χ1n) is 25.9. The predicted octanol–water partition coefficient (Wildman–Crippen LogP) is 10.4. The number of unbranched alkanes of at least 4 members (excludes halogenated alkanes) is 4. The summed E-state index contributed by atoms with van der Waals surface area (Å²) in [4.78, 5) is 103. The summed E-state index contributed by atoms with van der Waals surface area (Å²) in [5, 5.41) is 0. The van der Waals surface area contributed by atoms with Gasteiger partial charge in [-0.1, -0.05) is 78.4 Å². The van der Waals surface area contributed by atoms with E-state index in [0.717, 1.165) is 63.5 Å². The van der Waals surface area contributed by atoms with Crippen LogP contribution < -0.4 is 18.9 Å². The van der Waals surface area contributed by atoms with Crippen LogP contribution >= 0.6 is 0 Å². The minimum atomic E-state index is -0.888. The van der Waals surface area contributed by atoms with Gasteiger partial charge in [-0.3, -0.25) is 19.2 Å². The van der Waals surface area contributed by atoms with E-state index in [1.807, 2.05) is 0 Å². The summed E-state index contributed by atoms with van der Waals surface area (Å²) < 4.78 is 43.5. The van der Waals surface area contributed by atoms with Crippen LogP contribution in [0.1, 0.15) is 163 Å². The molecular formula is C56H72O16. The van der Waals surface area contributed by atoms with E-state index in [0.29, 0.717) is 37.5 Å². The maximum absolute atomic E-state index is 13.5. The van der Waals surface area contributed by atoms with Crippen molar-refractivity contribution in [2.24, 2.45) is 35.5 Å². The van der Waals surface area contributed by atoms with E-state index in [9.17, 15) is 38.4 Å². The molecule has 3 aliphatic carbocycles.